The maximum atomic E-state index is 5.77. The van der Waals surface area contributed by atoms with E-state index in [-0.39, 0.29) is 0 Å². The van der Waals surface area contributed by atoms with Gasteiger partial charge in [0, 0.05) is 10.9 Å². The molecule has 5 heteroatoms. The molecule has 0 radical (unpaired) electrons. The lowest BCUT2D eigenvalue weighted by Crippen LogP contribution is -2.06. The van der Waals surface area contributed by atoms with Gasteiger partial charge in [0.05, 0.1) is 27.4 Å². The van der Waals surface area contributed by atoms with Crippen molar-refractivity contribution in [2.45, 2.75) is 6.42 Å². The smallest absolute Gasteiger partial charge is 0.203 e. The van der Waals surface area contributed by atoms with Crippen molar-refractivity contribution in [1.82, 2.24) is 0 Å². The summed E-state index contributed by atoms with van der Waals surface area (Å²) in [7, 11) is 3.22. The molecule has 4 nitrogen and oxygen atoms in total. The molecule has 0 aliphatic rings. The van der Waals surface area contributed by atoms with Gasteiger partial charge in [-0.3, -0.25) is 0 Å². The second-order valence-corrected chi connectivity index (χ2v) is 5.41. The maximum Gasteiger partial charge on any atom is 0.203 e. The Hall–Kier alpha value is -1.88. The highest BCUT2D eigenvalue weighted by atomic mass is 79.9. The normalized spacial score (nSPS) is 10.1. The molecule has 0 aromatic heterocycles. The van der Waals surface area contributed by atoms with Gasteiger partial charge in [0.15, 0.2) is 11.5 Å². The number of hydrogen-bond donors (Lipinski definition) is 0. The Bertz CT molecular complexity index is 561. The number of ether oxygens (including phenoxy) is 4. The van der Waals surface area contributed by atoms with Crippen LogP contribution in [0.1, 0.15) is 6.42 Å². The molecule has 0 saturated heterocycles. The van der Waals surface area contributed by atoms with Crippen LogP contribution in [0.4, 0.5) is 0 Å². The predicted molar refractivity (Wildman–Crippen MR) is 89.3 cm³/mol. The summed E-state index contributed by atoms with van der Waals surface area (Å²) >= 11 is 3.39. The second-order valence-electron chi connectivity index (χ2n) is 4.50. The Labute approximate surface area is 139 Å². The van der Waals surface area contributed by atoms with Gasteiger partial charge >= 0.3 is 0 Å². The van der Waals surface area contributed by atoms with E-state index in [9.17, 15) is 0 Å². The molecule has 0 N–H and O–H groups in total. The third-order valence-electron chi connectivity index (χ3n) is 3.00. The highest BCUT2D eigenvalue weighted by Crippen LogP contribution is 2.36. The summed E-state index contributed by atoms with van der Waals surface area (Å²) in [4.78, 5) is 0. The van der Waals surface area contributed by atoms with Crippen LogP contribution in [0.3, 0.4) is 0 Å². The first-order chi connectivity index (χ1) is 10.7. The largest absolute Gasteiger partial charge is 0.493 e. The number of methoxy groups -OCH3 is 2. The fourth-order valence-electron chi connectivity index (χ4n) is 1.91. The lowest BCUT2D eigenvalue weighted by molar-refractivity contribution is 0.232. The van der Waals surface area contributed by atoms with Gasteiger partial charge in [-0.1, -0.05) is 22.0 Å². The van der Waals surface area contributed by atoms with Gasteiger partial charge in [0.2, 0.25) is 5.75 Å². The van der Waals surface area contributed by atoms with Crippen LogP contribution >= 0.6 is 15.9 Å². The Morgan fingerprint density at radius 1 is 0.818 bits per heavy atom. The van der Waals surface area contributed by atoms with Crippen molar-refractivity contribution in [2.24, 2.45) is 0 Å². The van der Waals surface area contributed by atoms with Crippen molar-refractivity contribution < 1.29 is 18.9 Å². The second kappa shape index (κ2) is 8.54. The number of rotatable bonds is 8. The molecular weight excluding hydrogens is 348 g/mol. The number of hydrogen-bond acceptors (Lipinski definition) is 4. The van der Waals surface area contributed by atoms with Gasteiger partial charge < -0.3 is 18.9 Å². The summed E-state index contributed by atoms with van der Waals surface area (Å²) in [5.41, 5.74) is 0. The standard InChI is InChI=1S/C17H19BrO4/c1-19-15-5-3-6-16(20-2)17(15)22-12-4-11-21-14-9-7-13(18)8-10-14/h3,5-10H,4,11-12H2,1-2H3. The van der Waals surface area contributed by atoms with Crippen LogP contribution in [0.2, 0.25) is 0 Å². The van der Waals surface area contributed by atoms with Crippen LogP contribution in [0, 0.1) is 0 Å². The van der Waals surface area contributed by atoms with Crippen LogP contribution in [0.5, 0.6) is 23.0 Å². The fourth-order valence-corrected chi connectivity index (χ4v) is 2.18. The summed E-state index contributed by atoms with van der Waals surface area (Å²) in [6.07, 6.45) is 0.761. The summed E-state index contributed by atoms with van der Waals surface area (Å²) in [6.45, 7) is 1.10. The minimum atomic E-state index is 0.521. The predicted octanol–water partition coefficient (Wildman–Crippen LogP) is 4.31. The molecule has 0 unspecified atom stereocenters. The quantitative estimate of drug-likeness (QED) is 0.652. The Balaban J connectivity index is 1.80. The summed E-state index contributed by atoms with van der Waals surface area (Å²) in [5, 5.41) is 0. The minimum absolute atomic E-state index is 0.521. The van der Waals surface area contributed by atoms with Crippen LogP contribution in [0.25, 0.3) is 0 Å². The molecule has 2 rings (SSSR count). The number of para-hydroxylation sites is 1. The van der Waals surface area contributed by atoms with Crippen molar-refractivity contribution in [2.75, 3.05) is 27.4 Å². The zero-order chi connectivity index (χ0) is 15.8. The van der Waals surface area contributed by atoms with E-state index < -0.39 is 0 Å². The molecule has 0 heterocycles. The summed E-state index contributed by atoms with van der Waals surface area (Å²) < 4.78 is 23.0. The van der Waals surface area contributed by atoms with Gasteiger partial charge in [-0.05, 0) is 36.4 Å². The van der Waals surface area contributed by atoms with E-state index >= 15 is 0 Å². The van der Waals surface area contributed by atoms with Crippen molar-refractivity contribution in [3.63, 3.8) is 0 Å². The molecular formula is C17H19BrO4. The van der Waals surface area contributed by atoms with Crippen LogP contribution in [-0.2, 0) is 0 Å². The van der Waals surface area contributed by atoms with E-state index in [0.717, 1.165) is 16.6 Å². The zero-order valence-corrected chi connectivity index (χ0v) is 14.3. The molecule has 0 atom stereocenters. The van der Waals surface area contributed by atoms with Crippen molar-refractivity contribution in [3.8, 4) is 23.0 Å². The zero-order valence-electron chi connectivity index (χ0n) is 12.7. The lowest BCUT2D eigenvalue weighted by Gasteiger charge is -2.14. The average molecular weight is 367 g/mol. The molecule has 0 saturated carbocycles. The summed E-state index contributed by atoms with van der Waals surface area (Å²) in [6, 6.07) is 13.3. The highest BCUT2D eigenvalue weighted by Gasteiger charge is 2.10. The molecule has 22 heavy (non-hydrogen) atoms. The average Bonchev–Trinajstić information content (AvgIpc) is 2.56. The molecule has 0 aliphatic heterocycles. The first-order valence-electron chi connectivity index (χ1n) is 6.96. The van der Waals surface area contributed by atoms with E-state index in [0.29, 0.717) is 30.5 Å². The molecule has 118 valence electrons. The molecule has 0 spiro atoms. The third kappa shape index (κ3) is 4.56. The fraction of sp³-hybridized carbons (Fsp3) is 0.294. The van der Waals surface area contributed by atoms with Crippen LogP contribution in [-0.4, -0.2) is 27.4 Å². The third-order valence-corrected chi connectivity index (χ3v) is 3.53. The molecule has 0 aliphatic carbocycles. The van der Waals surface area contributed by atoms with Crippen molar-refractivity contribution >= 4 is 15.9 Å². The number of halogens is 1. The van der Waals surface area contributed by atoms with E-state index in [1.807, 2.05) is 42.5 Å². The Kier molecular flexibility index (Phi) is 6.40. The molecule has 0 bridgehead atoms. The molecule has 0 fully saturated rings. The maximum absolute atomic E-state index is 5.77. The van der Waals surface area contributed by atoms with E-state index in [1.165, 1.54) is 0 Å². The van der Waals surface area contributed by atoms with Crippen molar-refractivity contribution in [3.05, 3.63) is 46.9 Å². The summed E-state index contributed by atoms with van der Waals surface area (Å²) in [5.74, 6) is 2.79. The van der Waals surface area contributed by atoms with Crippen molar-refractivity contribution in [1.29, 1.82) is 0 Å². The van der Waals surface area contributed by atoms with Gasteiger partial charge in [0.1, 0.15) is 5.75 Å². The van der Waals surface area contributed by atoms with Gasteiger partial charge in [-0.25, -0.2) is 0 Å². The van der Waals surface area contributed by atoms with Crippen LogP contribution < -0.4 is 18.9 Å². The first-order valence-corrected chi connectivity index (χ1v) is 7.76. The van der Waals surface area contributed by atoms with Gasteiger partial charge in [-0.2, -0.15) is 0 Å². The topological polar surface area (TPSA) is 36.9 Å². The minimum Gasteiger partial charge on any atom is -0.493 e. The highest BCUT2D eigenvalue weighted by molar-refractivity contribution is 9.10. The Morgan fingerprint density at radius 2 is 1.41 bits per heavy atom. The molecule has 2 aromatic carbocycles. The van der Waals surface area contributed by atoms with E-state index in [2.05, 4.69) is 15.9 Å². The molecule has 0 amide bonds. The first kappa shape index (κ1) is 16.5. The van der Waals surface area contributed by atoms with Gasteiger partial charge in [-0.15, -0.1) is 0 Å². The number of benzene rings is 2. The van der Waals surface area contributed by atoms with E-state index in [1.54, 1.807) is 14.2 Å². The molecule has 2 aromatic rings. The SMILES string of the molecule is COc1cccc(OC)c1OCCCOc1ccc(Br)cc1. The van der Waals surface area contributed by atoms with Crippen LogP contribution in [0.15, 0.2) is 46.9 Å². The Morgan fingerprint density at radius 3 is 2.00 bits per heavy atom. The van der Waals surface area contributed by atoms with E-state index in [4.69, 9.17) is 18.9 Å². The van der Waals surface area contributed by atoms with Gasteiger partial charge in [0.25, 0.3) is 0 Å². The monoisotopic (exact) mass is 366 g/mol. The lowest BCUT2D eigenvalue weighted by atomic mass is 10.3.